The Morgan fingerprint density at radius 1 is 1.38 bits per heavy atom. The molecule has 1 heterocycles. The lowest BCUT2D eigenvalue weighted by Crippen LogP contribution is -2.38. The van der Waals surface area contributed by atoms with E-state index in [-0.39, 0.29) is 24.5 Å². The van der Waals surface area contributed by atoms with Crippen LogP contribution < -0.4 is 5.32 Å². The van der Waals surface area contributed by atoms with E-state index in [9.17, 15) is 4.79 Å². The molecule has 3 N–H and O–H groups in total. The molecule has 0 aliphatic heterocycles. The van der Waals surface area contributed by atoms with Gasteiger partial charge in [-0.3, -0.25) is 9.89 Å². The third kappa shape index (κ3) is 4.06. The topological polar surface area (TPSA) is 78.0 Å². The SMILES string of the molecule is Cc1n[nH]c(C)c1C(C)CC(=O)NC1CCC(CO)CC1. The van der Waals surface area contributed by atoms with Crippen LogP contribution in [-0.2, 0) is 4.79 Å². The minimum atomic E-state index is 0.120. The van der Waals surface area contributed by atoms with Crippen molar-refractivity contribution >= 4 is 5.91 Å². The number of nitrogens with zero attached hydrogens (tertiary/aromatic N) is 1. The number of aryl methyl sites for hydroxylation is 2. The summed E-state index contributed by atoms with van der Waals surface area (Å²) >= 11 is 0. The zero-order valence-electron chi connectivity index (χ0n) is 13.3. The zero-order chi connectivity index (χ0) is 15.4. The Hall–Kier alpha value is -1.36. The van der Waals surface area contributed by atoms with E-state index in [0.717, 1.165) is 42.6 Å². The highest BCUT2D eigenvalue weighted by Crippen LogP contribution is 2.26. The highest BCUT2D eigenvalue weighted by molar-refractivity contribution is 5.77. The number of H-pyrrole nitrogens is 1. The van der Waals surface area contributed by atoms with E-state index in [1.807, 2.05) is 13.8 Å². The second kappa shape index (κ2) is 7.07. The van der Waals surface area contributed by atoms with Crippen LogP contribution in [0.1, 0.15) is 61.9 Å². The fraction of sp³-hybridized carbons (Fsp3) is 0.750. The first-order chi connectivity index (χ1) is 10.0. The van der Waals surface area contributed by atoms with Crippen molar-refractivity contribution in [2.24, 2.45) is 5.92 Å². The molecule has 5 heteroatoms. The fourth-order valence-corrected chi connectivity index (χ4v) is 3.44. The number of aliphatic hydroxyl groups is 1. The van der Waals surface area contributed by atoms with Gasteiger partial charge in [0.25, 0.3) is 0 Å². The monoisotopic (exact) mass is 293 g/mol. The Morgan fingerprint density at radius 3 is 2.57 bits per heavy atom. The van der Waals surface area contributed by atoms with Crippen molar-refractivity contribution in [1.82, 2.24) is 15.5 Å². The number of aromatic amines is 1. The summed E-state index contributed by atoms with van der Waals surface area (Å²) in [6.07, 6.45) is 4.49. The number of nitrogens with one attached hydrogen (secondary N) is 2. The van der Waals surface area contributed by atoms with Crippen LogP contribution in [0, 0.1) is 19.8 Å². The van der Waals surface area contributed by atoms with Gasteiger partial charge in [0.1, 0.15) is 0 Å². The number of aromatic nitrogens is 2. The van der Waals surface area contributed by atoms with Gasteiger partial charge in [-0.25, -0.2) is 0 Å². The van der Waals surface area contributed by atoms with Crippen molar-refractivity contribution in [1.29, 1.82) is 0 Å². The summed E-state index contributed by atoms with van der Waals surface area (Å²) in [5.74, 6) is 0.723. The number of aliphatic hydroxyl groups excluding tert-OH is 1. The van der Waals surface area contributed by atoms with Gasteiger partial charge in [-0.15, -0.1) is 0 Å². The first kappa shape index (κ1) is 16.0. The average molecular weight is 293 g/mol. The summed E-state index contributed by atoms with van der Waals surface area (Å²) in [6.45, 7) is 6.33. The molecular weight excluding hydrogens is 266 g/mol. The van der Waals surface area contributed by atoms with E-state index in [1.165, 1.54) is 0 Å². The summed E-state index contributed by atoms with van der Waals surface area (Å²) < 4.78 is 0. The summed E-state index contributed by atoms with van der Waals surface area (Å²) in [4.78, 5) is 12.2. The molecule has 1 aromatic rings. The molecular formula is C16H27N3O2. The first-order valence-corrected chi connectivity index (χ1v) is 7.93. The molecule has 1 unspecified atom stereocenters. The van der Waals surface area contributed by atoms with E-state index < -0.39 is 0 Å². The van der Waals surface area contributed by atoms with Gasteiger partial charge >= 0.3 is 0 Å². The van der Waals surface area contributed by atoms with E-state index >= 15 is 0 Å². The number of hydrogen-bond acceptors (Lipinski definition) is 3. The Bertz CT molecular complexity index is 456. The van der Waals surface area contributed by atoms with Crippen LogP contribution in [0.5, 0.6) is 0 Å². The Kier molecular flexibility index (Phi) is 5.39. The van der Waals surface area contributed by atoms with Gasteiger partial charge in [-0.2, -0.15) is 5.10 Å². The molecule has 1 amide bonds. The molecule has 1 atom stereocenters. The van der Waals surface area contributed by atoms with E-state index in [2.05, 4.69) is 22.4 Å². The van der Waals surface area contributed by atoms with Crippen molar-refractivity contribution in [3.63, 3.8) is 0 Å². The molecule has 0 aromatic carbocycles. The molecule has 21 heavy (non-hydrogen) atoms. The Labute approximate surface area is 126 Å². The highest BCUT2D eigenvalue weighted by atomic mass is 16.3. The highest BCUT2D eigenvalue weighted by Gasteiger charge is 2.23. The van der Waals surface area contributed by atoms with Crippen molar-refractivity contribution < 1.29 is 9.90 Å². The van der Waals surface area contributed by atoms with Crippen LogP contribution in [0.25, 0.3) is 0 Å². The van der Waals surface area contributed by atoms with E-state index in [1.54, 1.807) is 0 Å². The number of carbonyl (C=O) groups excluding carboxylic acids is 1. The lowest BCUT2D eigenvalue weighted by molar-refractivity contribution is -0.122. The molecule has 1 aromatic heterocycles. The second-order valence-corrected chi connectivity index (χ2v) is 6.42. The van der Waals surface area contributed by atoms with Gasteiger partial charge in [-0.1, -0.05) is 6.92 Å². The van der Waals surface area contributed by atoms with Crippen LogP contribution in [0.15, 0.2) is 0 Å². The van der Waals surface area contributed by atoms with Crippen LogP contribution >= 0.6 is 0 Å². The van der Waals surface area contributed by atoms with Crippen LogP contribution in [0.3, 0.4) is 0 Å². The third-order valence-electron chi connectivity index (χ3n) is 4.64. The molecule has 1 fully saturated rings. The molecule has 5 nitrogen and oxygen atoms in total. The number of carbonyl (C=O) groups is 1. The smallest absolute Gasteiger partial charge is 0.220 e. The molecule has 2 rings (SSSR count). The summed E-state index contributed by atoms with van der Waals surface area (Å²) in [5, 5.41) is 19.5. The number of amides is 1. The van der Waals surface area contributed by atoms with E-state index in [4.69, 9.17) is 5.11 Å². The average Bonchev–Trinajstić information content (AvgIpc) is 2.78. The van der Waals surface area contributed by atoms with E-state index in [0.29, 0.717) is 12.3 Å². The second-order valence-electron chi connectivity index (χ2n) is 6.42. The lowest BCUT2D eigenvalue weighted by atomic mass is 9.86. The molecule has 118 valence electrons. The standard InChI is InChI=1S/C16H27N3O2/c1-10(16-11(2)18-19-12(16)3)8-15(21)17-14-6-4-13(9-20)5-7-14/h10,13-14,20H,4-9H2,1-3H3,(H,17,21)(H,18,19). The zero-order valence-corrected chi connectivity index (χ0v) is 13.3. The van der Waals surface area contributed by atoms with Gasteiger partial charge in [0.05, 0.1) is 5.69 Å². The third-order valence-corrected chi connectivity index (χ3v) is 4.64. The van der Waals surface area contributed by atoms with Crippen molar-refractivity contribution in [3.05, 3.63) is 17.0 Å². The molecule has 0 saturated heterocycles. The molecule has 0 spiro atoms. The predicted octanol–water partition coefficient (Wildman–Crippen LogP) is 2.19. The Morgan fingerprint density at radius 2 is 2.05 bits per heavy atom. The van der Waals surface area contributed by atoms with Gasteiger partial charge < -0.3 is 10.4 Å². The minimum absolute atomic E-state index is 0.120. The number of hydrogen-bond donors (Lipinski definition) is 3. The normalized spacial score (nSPS) is 23.8. The van der Waals surface area contributed by atoms with Crippen LogP contribution in [0.4, 0.5) is 0 Å². The molecule has 1 saturated carbocycles. The van der Waals surface area contributed by atoms with Gasteiger partial charge in [0.15, 0.2) is 0 Å². The Balaban J connectivity index is 1.82. The maximum Gasteiger partial charge on any atom is 0.220 e. The molecule has 1 aliphatic carbocycles. The molecule has 0 bridgehead atoms. The summed E-state index contributed by atoms with van der Waals surface area (Å²) in [5.41, 5.74) is 3.20. The van der Waals surface area contributed by atoms with Crippen molar-refractivity contribution in [3.8, 4) is 0 Å². The van der Waals surface area contributed by atoms with Crippen LogP contribution in [0.2, 0.25) is 0 Å². The van der Waals surface area contributed by atoms with Crippen LogP contribution in [-0.4, -0.2) is 33.9 Å². The summed E-state index contributed by atoms with van der Waals surface area (Å²) in [7, 11) is 0. The maximum atomic E-state index is 12.2. The van der Waals surface area contributed by atoms with Gasteiger partial charge in [0, 0.05) is 24.8 Å². The largest absolute Gasteiger partial charge is 0.396 e. The predicted molar refractivity (Wildman–Crippen MR) is 82.1 cm³/mol. The first-order valence-electron chi connectivity index (χ1n) is 7.93. The van der Waals surface area contributed by atoms with Crippen molar-refractivity contribution in [2.75, 3.05) is 6.61 Å². The summed E-state index contributed by atoms with van der Waals surface area (Å²) in [6, 6.07) is 0.277. The maximum absolute atomic E-state index is 12.2. The lowest BCUT2D eigenvalue weighted by Gasteiger charge is -2.28. The fourth-order valence-electron chi connectivity index (χ4n) is 3.44. The minimum Gasteiger partial charge on any atom is -0.396 e. The van der Waals surface area contributed by atoms with Gasteiger partial charge in [0.2, 0.25) is 5.91 Å². The molecule has 0 radical (unpaired) electrons. The quantitative estimate of drug-likeness (QED) is 0.778. The van der Waals surface area contributed by atoms with Gasteiger partial charge in [-0.05, 0) is 56.9 Å². The molecule has 1 aliphatic rings. The van der Waals surface area contributed by atoms with Crippen molar-refractivity contribution in [2.45, 2.75) is 64.8 Å². The number of rotatable bonds is 5.